The van der Waals surface area contributed by atoms with Crippen molar-refractivity contribution in [1.82, 2.24) is 0 Å². The minimum Gasteiger partial charge on any atom is -0.216 e. The van der Waals surface area contributed by atoms with Gasteiger partial charge in [0.05, 0.1) is 0 Å². The van der Waals surface area contributed by atoms with Crippen LogP contribution in [-0.4, -0.2) is 17.2 Å². The van der Waals surface area contributed by atoms with Crippen molar-refractivity contribution in [3.05, 3.63) is 0 Å². The molecule has 0 heterocycles. The van der Waals surface area contributed by atoms with Gasteiger partial charge >= 0.3 is 6.18 Å². The van der Waals surface area contributed by atoms with E-state index in [0.29, 0.717) is 0 Å². The Morgan fingerprint density at radius 1 is 1.10 bits per heavy atom. The first-order valence-electron chi connectivity index (χ1n) is 2.32. The van der Waals surface area contributed by atoms with Crippen LogP contribution < -0.4 is 0 Å². The molecule has 0 saturated carbocycles. The molecule has 0 aliphatic heterocycles. The van der Waals surface area contributed by atoms with Crippen molar-refractivity contribution in [3.63, 3.8) is 0 Å². The summed E-state index contributed by atoms with van der Waals surface area (Å²) in [4.78, 5) is 0. The Hall–Kier alpha value is 0.300. The quantitative estimate of drug-likeness (QED) is 0.473. The highest BCUT2D eigenvalue weighted by atomic mass is 35.5. The van der Waals surface area contributed by atoms with Crippen molar-refractivity contribution in [2.45, 2.75) is 17.7 Å². The van der Waals surface area contributed by atoms with Crippen LogP contribution in [0.5, 0.6) is 0 Å². The van der Waals surface area contributed by atoms with Gasteiger partial charge in [-0.1, -0.05) is 11.6 Å². The highest BCUT2D eigenvalue weighted by molar-refractivity contribution is 6.24. The van der Waals surface area contributed by atoms with Crippen molar-refractivity contribution < 1.29 is 17.6 Å². The second-order valence-corrected chi connectivity index (χ2v) is 2.62. The Morgan fingerprint density at radius 2 is 1.50 bits per heavy atom. The molecule has 0 amide bonds. The van der Waals surface area contributed by atoms with Crippen molar-refractivity contribution in [1.29, 1.82) is 0 Å². The van der Waals surface area contributed by atoms with E-state index >= 15 is 0 Å². The van der Waals surface area contributed by atoms with Crippen LogP contribution in [0.3, 0.4) is 0 Å². The fourth-order valence-electron chi connectivity index (χ4n) is 0.260. The van der Waals surface area contributed by atoms with Crippen LogP contribution >= 0.6 is 23.2 Å². The summed E-state index contributed by atoms with van der Waals surface area (Å²) >= 11 is 9.30. The van der Waals surface area contributed by atoms with E-state index in [9.17, 15) is 17.6 Å². The fourth-order valence-corrected chi connectivity index (χ4v) is 0.712. The minimum absolute atomic E-state index is 0.459. The lowest BCUT2D eigenvalue weighted by molar-refractivity contribution is -0.198. The normalized spacial score (nSPS) is 18.6. The van der Waals surface area contributed by atoms with Gasteiger partial charge in [-0.3, -0.25) is 0 Å². The summed E-state index contributed by atoms with van der Waals surface area (Å²) in [6, 6.07) is 0. The lowest BCUT2D eigenvalue weighted by atomic mass is 10.3. The minimum atomic E-state index is -5.04. The highest BCUT2D eigenvalue weighted by Crippen LogP contribution is 2.40. The molecule has 0 fully saturated rings. The number of alkyl halides is 6. The summed E-state index contributed by atoms with van der Waals surface area (Å²) in [6.07, 6.45) is -5.97. The van der Waals surface area contributed by atoms with Gasteiger partial charge in [-0.05, 0) is 0 Å². The topological polar surface area (TPSA) is 0 Å². The molecule has 1 atom stereocenters. The SMILES string of the molecule is FC(F)(F)C(F)(Cl)CCCl. The molecule has 0 N–H and O–H groups in total. The largest absolute Gasteiger partial charge is 0.436 e. The lowest BCUT2D eigenvalue weighted by Gasteiger charge is -2.19. The van der Waals surface area contributed by atoms with Crippen molar-refractivity contribution in [2.24, 2.45) is 0 Å². The summed E-state index contributed by atoms with van der Waals surface area (Å²) < 4.78 is 46.5. The molecule has 0 bridgehead atoms. The van der Waals surface area contributed by atoms with E-state index in [-0.39, 0.29) is 0 Å². The third-order valence-electron chi connectivity index (χ3n) is 0.823. The first kappa shape index (κ1) is 10.3. The smallest absolute Gasteiger partial charge is 0.216 e. The van der Waals surface area contributed by atoms with Gasteiger partial charge in [0.2, 0.25) is 0 Å². The zero-order valence-electron chi connectivity index (χ0n) is 4.68. The Balaban J connectivity index is 4.10. The molecule has 1 unspecified atom stereocenters. The molecule has 0 aliphatic carbocycles. The summed E-state index contributed by atoms with van der Waals surface area (Å²) in [5.74, 6) is -0.459. The van der Waals surface area contributed by atoms with Crippen molar-refractivity contribution >= 4 is 23.2 Å². The Labute approximate surface area is 65.1 Å². The average molecular weight is 199 g/mol. The van der Waals surface area contributed by atoms with E-state index in [2.05, 4.69) is 11.6 Å². The van der Waals surface area contributed by atoms with E-state index in [1.54, 1.807) is 0 Å². The van der Waals surface area contributed by atoms with Gasteiger partial charge in [-0.2, -0.15) is 13.2 Å². The molecule has 0 aliphatic rings. The number of halogens is 6. The predicted octanol–water partition coefficient (Wildman–Crippen LogP) is 3.08. The summed E-state index contributed by atoms with van der Waals surface area (Å²) in [6.45, 7) is 0. The van der Waals surface area contributed by atoms with Crippen LogP contribution in [0.1, 0.15) is 6.42 Å². The Bertz CT molecular complexity index is 108. The molecule has 6 heteroatoms. The zero-order valence-corrected chi connectivity index (χ0v) is 6.19. The van der Waals surface area contributed by atoms with Gasteiger partial charge in [0, 0.05) is 12.3 Å². The first-order chi connectivity index (χ1) is 4.31. The molecule has 62 valence electrons. The molecule has 0 radical (unpaired) electrons. The van der Waals surface area contributed by atoms with Crippen LogP contribution in [0.2, 0.25) is 0 Å². The molecule has 0 nitrogen and oxygen atoms in total. The molecule has 0 aromatic carbocycles. The summed E-state index contributed by atoms with van der Waals surface area (Å²) in [5.41, 5.74) is 0. The van der Waals surface area contributed by atoms with E-state index in [4.69, 9.17) is 11.6 Å². The Kier molecular flexibility index (Phi) is 3.23. The molecule has 0 aromatic rings. The van der Waals surface area contributed by atoms with Crippen LogP contribution in [-0.2, 0) is 0 Å². The van der Waals surface area contributed by atoms with Gasteiger partial charge < -0.3 is 0 Å². The molecular weight excluding hydrogens is 195 g/mol. The van der Waals surface area contributed by atoms with Gasteiger partial charge in [-0.15, -0.1) is 11.6 Å². The van der Waals surface area contributed by atoms with Gasteiger partial charge in [-0.25, -0.2) is 4.39 Å². The maximum atomic E-state index is 12.2. The zero-order chi connectivity index (χ0) is 8.41. The number of hydrogen-bond donors (Lipinski definition) is 0. The maximum absolute atomic E-state index is 12.2. The monoisotopic (exact) mass is 198 g/mol. The third kappa shape index (κ3) is 2.50. The maximum Gasteiger partial charge on any atom is 0.436 e. The third-order valence-corrected chi connectivity index (χ3v) is 1.42. The molecule has 0 saturated heterocycles. The summed E-state index contributed by atoms with van der Waals surface area (Å²) in [7, 11) is 0. The number of hydrogen-bond acceptors (Lipinski definition) is 0. The molecule has 10 heavy (non-hydrogen) atoms. The van der Waals surface area contributed by atoms with Crippen LogP contribution in [0.4, 0.5) is 17.6 Å². The lowest BCUT2D eigenvalue weighted by Crippen LogP contribution is -2.35. The predicted molar refractivity (Wildman–Crippen MR) is 31.1 cm³/mol. The van der Waals surface area contributed by atoms with Crippen LogP contribution in [0.15, 0.2) is 0 Å². The van der Waals surface area contributed by atoms with Crippen molar-refractivity contribution in [3.8, 4) is 0 Å². The molecule has 0 spiro atoms. The summed E-state index contributed by atoms with van der Waals surface area (Å²) in [5, 5.41) is -3.67. The standard InChI is InChI=1S/C4H4Cl2F4/c5-2-1-3(6,7)4(8,9)10/h1-2H2. The van der Waals surface area contributed by atoms with Crippen LogP contribution in [0, 0.1) is 0 Å². The number of rotatable bonds is 2. The van der Waals surface area contributed by atoms with E-state index < -0.39 is 23.6 Å². The van der Waals surface area contributed by atoms with Crippen molar-refractivity contribution in [2.75, 3.05) is 5.88 Å². The van der Waals surface area contributed by atoms with Gasteiger partial charge in [0.1, 0.15) is 0 Å². The van der Waals surface area contributed by atoms with Gasteiger partial charge in [0.15, 0.2) is 0 Å². The average Bonchev–Trinajstić information content (AvgIpc) is 1.61. The Morgan fingerprint density at radius 3 is 1.60 bits per heavy atom. The second-order valence-electron chi connectivity index (χ2n) is 1.64. The van der Waals surface area contributed by atoms with Gasteiger partial charge in [0.25, 0.3) is 5.13 Å². The van der Waals surface area contributed by atoms with E-state index in [1.165, 1.54) is 0 Å². The first-order valence-corrected chi connectivity index (χ1v) is 3.23. The van der Waals surface area contributed by atoms with E-state index in [1.807, 2.05) is 0 Å². The fraction of sp³-hybridized carbons (Fsp3) is 1.00. The second kappa shape index (κ2) is 3.13. The molecule has 0 aromatic heterocycles. The van der Waals surface area contributed by atoms with E-state index in [0.717, 1.165) is 0 Å². The highest BCUT2D eigenvalue weighted by Gasteiger charge is 2.54. The van der Waals surface area contributed by atoms with Crippen LogP contribution in [0.25, 0.3) is 0 Å². The molecule has 0 rings (SSSR count). The molecular formula is C4H4Cl2F4.